The number of aromatic amines is 1. The van der Waals surface area contributed by atoms with Gasteiger partial charge in [0.15, 0.2) is 5.75 Å². The van der Waals surface area contributed by atoms with Crippen LogP contribution in [0.25, 0.3) is 5.69 Å². The normalized spacial score (nSPS) is 11.1. The number of hydrogen-bond acceptors (Lipinski definition) is 5. The standard InChI is InChI=1S/C19H17BrN4O4/c1-11-8-13(20)4-7-17(11)23-19(25)15(12(2)22-23)10-21-16-6-5-14(24(26)27)9-18(16)28-3/h4-10,22H,1-3H3. The number of rotatable bonds is 5. The molecule has 8 nitrogen and oxygen atoms in total. The average molecular weight is 445 g/mol. The second-order valence-corrected chi connectivity index (χ2v) is 7.01. The van der Waals surface area contributed by atoms with Crippen molar-refractivity contribution in [3.05, 3.63) is 78.2 Å². The number of nitrogens with zero attached hydrogens (tertiary/aromatic N) is 3. The molecule has 1 N–H and O–H groups in total. The number of nitrogens with one attached hydrogen (secondary N) is 1. The fourth-order valence-corrected chi connectivity index (χ4v) is 3.25. The van der Waals surface area contributed by atoms with E-state index in [0.29, 0.717) is 16.9 Å². The van der Waals surface area contributed by atoms with Gasteiger partial charge in [0.05, 0.1) is 29.4 Å². The fraction of sp³-hybridized carbons (Fsp3) is 0.158. The number of benzene rings is 2. The molecule has 0 spiro atoms. The first-order valence-electron chi connectivity index (χ1n) is 8.26. The molecular formula is C19H17BrN4O4. The van der Waals surface area contributed by atoms with Crippen molar-refractivity contribution >= 4 is 33.5 Å². The molecule has 0 aliphatic carbocycles. The van der Waals surface area contributed by atoms with Crippen molar-refractivity contribution in [2.24, 2.45) is 4.99 Å². The van der Waals surface area contributed by atoms with Gasteiger partial charge in [0, 0.05) is 22.4 Å². The predicted octanol–water partition coefficient (Wildman–Crippen LogP) is 4.21. The maximum absolute atomic E-state index is 12.9. The van der Waals surface area contributed by atoms with Crippen molar-refractivity contribution in [3.8, 4) is 11.4 Å². The highest BCUT2D eigenvalue weighted by molar-refractivity contribution is 9.10. The lowest BCUT2D eigenvalue weighted by Gasteiger charge is -2.06. The molecule has 0 unspecified atom stereocenters. The van der Waals surface area contributed by atoms with Crippen molar-refractivity contribution in [2.75, 3.05) is 7.11 Å². The molecule has 0 saturated heterocycles. The minimum Gasteiger partial charge on any atom is -0.494 e. The van der Waals surface area contributed by atoms with Crippen molar-refractivity contribution in [1.29, 1.82) is 0 Å². The Bertz CT molecular complexity index is 1150. The van der Waals surface area contributed by atoms with E-state index in [2.05, 4.69) is 26.0 Å². The van der Waals surface area contributed by atoms with Crippen LogP contribution in [0.5, 0.6) is 5.75 Å². The van der Waals surface area contributed by atoms with E-state index in [9.17, 15) is 14.9 Å². The van der Waals surface area contributed by atoms with Crippen LogP contribution in [0.15, 0.2) is 50.7 Å². The molecule has 0 aliphatic heterocycles. The zero-order chi connectivity index (χ0) is 20.4. The molecule has 3 rings (SSSR count). The molecule has 1 aromatic heterocycles. The van der Waals surface area contributed by atoms with Gasteiger partial charge in [0.25, 0.3) is 11.2 Å². The van der Waals surface area contributed by atoms with Crippen LogP contribution in [-0.2, 0) is 0 Å². The van der Waals surface area contributed by atoms with Crippen molar-refractivity contribution < 1.29 is 9.66 Å². The lowest BCUT2D eigenvalue weighted by Crippen LogP contribution is -2.18. The smallest absolute Gasteiger partial charge is 0.280 e. The highest BCUT2D eigenvalue weighted by Gasteiger charge is 2.14. The number of ether oxygens (including phenoxy) is 1. The van der Waals surface area contributed by atoms with Gasteiger partial charge in [-0.3, -0.25) is 25.0 Å². The van der Waals surface area contributed by atoms with Crippen LogP contribution in [-0.4, -0.2) is 28.0 Å². The first kappa shape index (κ1) is 19.6. The Balaban J connectivity index is 2.01. The summed E-state index contributed by atoms with van der Waals surface area (Å²) in [6.45, 7) is 3.69. The monoisotopic (exact) mass is 444 g/mol. The zero-order valence-corrected chi connectivity index (χ0v) is 17.0. The Kier molecular flexibility index (Phi) is 5.46. The molecule has 0 atom stereocenters. The van der Waals surface area contributed by atoms with Crippen LogP contribution in [0.1, 0.15) is 16.8 Å². The minimum absolute atomic E-state index is 0.0957. The van der Waals surface area contributed by atoms with Gasteiger partial charge in [-0.1, -0.05) is 15.9 Å². The molecule has 28 heavy (non-hydrogen) atoms. The number of nitro groups is 1. The number of non-ortho nitro benzene ring substituents is 1. The molecule has 9 heteroatoms. The third-order valence-electron chi connectivity index (χ3n) is 4.22. The van der Waals surface area contributed by atoms with Gasteiger partial charge in [-0.15, -0.1) is 0 Å². The summed E-state index contributed by atoms with van der Waals surface area (Å²) < 4.78 is 7.56. The summed E-state index contributed by atoms with van der Waals surface area (Å²) >= 11 is 3.41. The molecule has 0 fully saturated rings. The van der Waals surface area contributed by atoms with Crippen molar-refractivity contribution in [3.63, 3.8) is 0 Å². The summed E-state index contributed by atoms with van der Waals surface area (Å²) in [5.41, 5.74) is 2.76. The topological polar surface area (TPSA) is 103 Å². The number of aromatic nitrogens is 2. The summed E-state index contributed by atoms with van der Waals surface area (Å²) in [4.78, 5) is 27.5. The Labute approximate surface area is 168 Å². The zero-order valence-electron chi connectivity index (χ0n) is 15.4. The van der Waals surface area contributed by atoms with E-state index in [0.717, 1.165) is 15.7 Å². The molecule has 0 aliphatic rings. The number of halogens is 1. The first-order chi connectivity index (χ1) is 13.3. The summed E-state index contributed by atoms with van der Waals surface area (Å²) in [5.74, 6) is 0.253. The number of methoxy groups -OCH3 is 1. The summed E-state index contributed by atoms with van der Waals surface area (Å²) in [6, 6.07) is 9.74. The first-order valence-corrected chi connectivity index (χ1v) is 9.05. The van der Waals surface area contributed by atoms with Gasteiger partial charge in [0.2, 0.25) is 0 Å². The summed E-state index contributed by atoms with van der Waals surface area (Å²) in [7, 11) is 1.41. The van der Waals surface area contributed by atoms with E-state index in [1.54, 1.807) is 6.92 Å². The molecule has 0 radical (unpaired) electrons. The average Bonchev–Trinajstić information content (AvgIpc) is 2.93. The van der Waals surface area contributed by atoms with Gasteiger partial charge < -0.3 is 4.74 Å². The number of aliphatic imine (C=N–C) groups is 1. The van der Waals surface area contributed by atoms with Gasteiger partial charge in [-0.2, -0.15) is 0 Å². The number of aryl methyl sites for hydroxylation is 2. The minimum atomic E-state index is -0.508. The van der Waals surface area contributed by atoms with Crippen LogP contribution in [0.4, 0.5) is 11.4 Å². The number of hydrogen-bond donors (Lipinski definition) is 1. The second kappa shape index (κ2) is 7.81. The van der Waals surface area contributed by atoms with Gasteiger partial charge in [0.1, 0.15) is 5.69 Å². The highest BCUT2D eigenvalue weighted by Crippen LogP contribution is 2.31. The SMILES string of the molecule is COc1cc([N+](=O)[O-])ccc1N=Cc1c(C)[nH]n(-c2ccc(Br)cc2C)c1=O. The maximum atomic E-state index is 12.9. The Morgan fingerprint density at radius 3 is 2.64 bits per heavy atom. The molecule has 0 bridgehead atoms. The van der Waals surface area contributed by atoms with E-state index >= 15 is 0 Å². The molecule has 0 saturated carbocycles. The number of H-pyrrole nitrogens is 1. The van der Waals surface area contributed by atoms with E-state index < -0.39 is 4.92 Å². The fourth-order valence-electron chi connectivity index (χ4n) is 2.77. The molecule has 1 heterocycles. The van der Waals surface area contributed by atoms with Crippen LogP contribution in [0.3, 0.4) is 0 Å². The Morgan fingerprint density at radius 1 is 1.25 bits per heavy atom. The predicted molar refractivity (Wildman–Crippen MR) is 110 cm³/mol. The van der Waals surface area contributed by atoms with Gasteiger partial charge in [-0.25, -0.2) is 4.68 Å². The Morgan fingerprint density at radius 2 is 2.00 bits per heavy atom. The molecule has 2 aromatic carbocycles. The third kappa shape index (κ3) is 3.74. The summed E-state index contributed by atoms with van der Waals surface area (Å²) in [5, 5.41) is 14.0. The molecule has 144 valence electrons. The van der Waals surface area contributed by atoms with E-state index in [4.69, 9.17) is 4.74 Å². The quantitative estimate of drug-likeness (QED) is 0.361. The second-order valence-electron chi connectivity index (χ2n) is 6.09. The highest BCUT2D eigenvalue weighted by atomic mass is 79.9. The third-order valence-corrected chi connectivity index (χ3v) is 4.72. The van der Waals surface area contributed by atoms with E-state index in [1.165, 1.54) is 36.2 Å². The maximum Gasteiger partial charge on any atom is 0.280 e. The Hall–Kier alpha value is -3.20. The van der Waals surface area contributed by atoms with E-state index in [-0.39, 0.29) is 17.0 Å². The van der Waals surface area contributed by atoms with Gasteiger partial charge >= 0.3 is 0 Å². The van der Waals surface area contributed by atoms with Crippen LogP contribution >= 0.6 is 15.9 Å². The van der Waals surface area contributed by atoms with E-state index in [1.807, 2.05) is 25.1 Å². The number of nitro benzene ring substituents is 1. The van der Waals surface area contributed by atoms with Crippen LogP contribution in [0.2, 0.25) is 0 Å². The molecular weight excluding hydrogens is 428 g/mol. The van der Waals surface area contributed by atoms with Crippen molar-refractivity contribution in [1.82, 2.24) is 9.78 Å². The lowest BCUT2D eigenvalue weighted by molar-refractivity contribution is -0.384. The molecule has 0 amide bonds. The van der Waals surface area contributed by atoms with Crippen LogP contribution < -0.4 is 10.3 Å². The van der Waals surface area contributed by atoms with Crippen LogP contribution in [0, 0.1) is 24.0 Å². The lowest BCUT2D eigenvalue weighted by atomic mass is 10.2. The van der Waals surface area contributed by atoms with Crippen molar-refractivity contribution in [2.45, 2.75) is 13.8 Å². The van der Waals surface area contributed by atoms with Gasteiger partial charge in [-0.05, 0) is 43.7 Å². The summed E-state index contributed by atoms with van der Waals surface area (Å²) in [6.07, 6.45) is 1.43. The molecule has 3 aromatic rings. The largest absolute Gasteiger partial charge is 0.494 e.